The van der Waals surface area contributed by atoms with Gasteiger partial charge in [-0.2, -0.15) is 13.2 Å². The van der Waals surface area contributed by atoms with Crippen molar-refractivity contribution in [3.05, 3.63) is 107 Å². The van der Waals surface area contributed by atoms with E-state index in [4.69, 9.17) is 9.63 Å². The molecule has 3 amide bonds. The quantitative estimate of drug-likeness (QED) is 0.265. The molecule has 10 nitrogen and oxygen atoms in total. The van der Waals surface area contributed by atoms with Crippen LogP contribution in [0.4, 0.5) is 35.2 Å². The fraction of sp³-hybridized carbons (Fsp3) is 0.115. The molecule has 1 heterocycles. The average Bonchev–Trinajstić information content (AvgIpc) is 3.30. The summed E-state index contributed by atoms with van der Waals surface area (Å²) in [7, 11) is 0. The lowest BCUT2D eigenvalue weighted by atomic mass is 10.1. The van der Waals surface area contributed by atoms with Crippen LogP contribution in [0.5, 0.6) is 0 Å². The monoisotopic (exact) mass is 539 g/mol. The van der Waals surface area contributed by atoms with Crippen molar-refractivity contribution in [1.82, 2.24) is 5.27 Å². The minimum atomic E-state index is -4.74. The van der Waals surface area contributed by atoms with Gasteiger partial charge in [-0.15, -0.1) is 0 Å². The first-order valence-corrected chi connectivity index (χ1v) is 11.3. The molecule has 4 aromatic rings. The molecule has 0 bridgehead atoms. The minimum Gasteiger partial charge on any atom is -0.478 e. The summed E-state index contributed by atoms with van der Waals surface area (Å²) >= 11 is 0. The minimum absolute atomic E-state index is 0.0523. The number of hydrogen-bond donors (Lipinski definition) is 3. The summed E-state index contributed by atoms with van der Waals surface area (Å²) in [6, 6.07) is 16.3. The summed E-state index contributed by atoms with van der Waals surface area (Å²) in [6.07, 6.45) is -3.51. The molecular formula is C26H20F3N5O5. The van der Waals surface area contributed by atoms with Gasteiger partial charge >= 0.3 is 12.1 Å². The van der Waals surface area contributed by atoms with E-state index in [1.165, 1.54) is 29.1 Å². The van der Waals surface area contributed by atoms with Crippen LogP contribution in [0.1, 0.15) is 27.0 Å². The molecule has 0 aliphatic carbocycles. The highest BCUT2D eigenvalue weighted by atomic mass is 19.4. The summed E-state index contributed by atoms with van der Waals surface area (Å²) in [5.74, 6) is -1.82. The van der Waals surface area contributed by atoms with Crippen molar-refractivity contribution < 1.29 is 41.9 Å². The van der Waals surface area contributed by atoms with Crippen LogP contribution in [0.3, 0.4) is 0 Å². The molecule has 13 heteroatoms. The number of carbonyl (C=O) groups is 3. The number of carboxylic acid groups (broad SMARTS) is 1. The Bertz CT molecular complexity index is 1490. The van der Waals surface area contributed by atoms with Crippen LogP contribution in [0.25, 0.3) is 5.32 Å². The van der Waals surface area contributed by atoms with Gasteiger partial charge in [0.05, 0.1) is 17.5 Å². The summed E-state index contributed by atoms with van der Waals surface area (Å²) < 4.78 is 46.6. The summed E-state index contributed by atoms with van der Waals surface area (Å²) in [6.45, 7) is 0.181. The van der Waals surface area contributed by atoms with E-state index < -0.39 is 29.6 Å². The van der Waals surface area contributed by atoms with E-state index in [1.54, 1.807) is 42.5 Å². The van der Waals surface area contributed by atoms with E-state index >= 15 is 0 Å². The molecule has 0 spiro atoms. The number of alkyl halides is 3. The highest BCUT2D eigenvalue weighted by molar-refractivity contribution is 6.04. The molecule has 0 aliphatic rings. The maximum atomic E-state index is 13.5. The van der Waals surface area contributed by atoms with Gasteiger partial charge in [-0.1, -0.05) is 42.5 Å². The maximum absolute atomic E-state index is 13.5. The highest BCUT2D eigenvalue weighted by Crippen LogP contribution is 2.34. The highest BCUT2D eigenvalue weighted by Gasteiger charge is 2.31. The zero-order valence-corrected chi connectivity index (χ0v) is 20.0. The Balaban J connectivity index is 1.41. The number of nitrogens with one attached hydrogen (secondary N) is 2. The molecule has 0 unspecified atom stereocenters. The number of rotatable bonds is 8. The zero-order valence-electron chi connectivity index (χ0n) is 20.0. The van der Waals surface area contributed by atoms with Crippen LogP contribution in [0.2, 0.25) is 0 Å². The Hall–Kier alpha value is -5.20. The third kappa shape index (κ3) is 7.64. The number of carbonyl (C=O) groups excluding carboxylic acids is 2. The number of carboxylic acids is 1. The number of urea groups is 1. The van der Waals surface area contributed by atoms with E-state index in [1.807, 2.05) is 0 Å². The third-order valence-electron chi connectivity index (χ3n) is 5.26. The van der Waals surface area contributed by atoms with E-state index in [-0.39, 0.29) is 35.8 Å². The predicted octanol–water partition coefficient (Wildman–Crippen LogP) is 5.15. The smallest absolute Gasteiger partial charge is 0.416 e. The van der Waals surface area contributed by atoms with Crippen molar-refractivity contribution in [2.24, 2.45) is 0 Å². The van der Waals surface area contributed by atoms with Gasteiger partial charge in [0, 0.05) is 11.3 Å². The summed E-state index contributed by atoms with van der Waals surface area (Å²) in [5.41, 5.74) is -0.00512. The Morgan fingerprint density at radius 1 is 0.923 bits per heavy atom. The number of amides is 3. The van der Waals surface area contributed by atoms with Gasteiger partial charge in [0.25, 0.3) is 0 Å². The maximum Gasteiger partial charge on any atom is 0.416 e. The van der Waals surface area contributed by atoms with Crippen LogP contribution in [-0.4, -0.2) is 28.3 Å². The fourth-order valence-electron chi connectivity index (χ4n) is 3.51. The van der Waals surface area contributed by atoms with Crippen LogP contribution >= 0.6 is 0 Å². The van der Waals surface area contributed by atoms with Gasteiger partial charge in [0.1, 0.15) is 0 Å². The van der Waals surface area contributed by atoms with Crippen LogP contribution in [0, 0.1) is 0 Å². The van der Waals surface area contributed by atoms with Crippen LogP contribution in [0.15, 0.2) is 83.5 Å². The normalized spacial score (nSPS) is 11.1. The number of benzene rings is 3. The SMILES string of the molecule is O=C(Cc1ccccc1)Nc1cc(NC(=O)[N-]c2c[n+](Cc3ccc(C(=O)O)cc3)no2)cc(C(F)(F)F)c1. The number of halogens is 3. The fourth-order valence-corrected chi connectivity index (χ4v) is 3.51. The number of hydrogen-bond acceptors (Lipinski definition) is 5. The second kappa shape index (κ2) is 11.5. The molecule has 0 atom stereocenters. The van der Waals surface area contributed by atoms with Crippen molar-refractivity contribution in [1.29, 1.82) is 0 Å². The molecule has 3 aromatic carbocycles. The van der Waals surface area contributed by atoms with E-state index in [0.29, 0.717) is 17.2 Å². The van der Waals surface area contributed by atoms with E-state index in [0.717, 1.165) is 6.07 Å². The van der Waals surface area contributed by atoms with Gasteiger partial charge in [-0.3, -0.25) is 9.59 Å². The second-order valence-electron chi connectivity index (χ2n) is 8.29. The van der Waals surface area contributed by atoms with Gasteiger partial charge in [0.2, 0.25) is 24.5 Å². The largest absolute Gasteiger partial charge is 0.478 e. The zero-order chi connectivity index (χ0) is 28.0. The second-order valence-corrected chi connectivity index (χ2v) is 8.29. The standard InChI is InChI=1S/C26H20F3N5O5/c27-26(28,29)19-11-20(30-22(35)10-16-4-2-1-3-5-16)13-21(12-19)31-25(38)32-23-15-34(33-39-23)14-17-6-8-18(9-7-17)24(36)37/h1-9,11-13,15H,10,14H2,(H3-,30,31,32,33,35,36,37,38). The lowest BCUT2D eigenvalue weighted by Gasteiger charge is -2.18. The summed E-state index contributed by atoms with van der Waals surface area (Å²) in [5, 5.41) is 21.0. The van der Waals surface area contributed by atoms with Crippen molar-refractivity contribution in [2.45, 2.75) is 19.1 Å². The van der Waals surface area contributed by atoms with Gasteiger partial charge in [0.15, 0.2) is 11.3 Å². The molecule has 1 aromatic heterocycles. The molecule has 4 rings (SSSR count). The molecular weight excluding hydrogens is 519 g/mol. The van der Waals surface area contributed by atoms with Crippen LogP contribution < -0.4 is 15.3 Å². The van der Waals surface area contributed by atoms with Gasteiger partial charge in [-0.25, -0.2) is 4.79 Å². The van der Waals surface area contributed by atoms with Crippen molar-refractivity contribution in [3.63, 3.8) is 0 Å². The van der Waals surface area contributed by atoms with Crippen molar-refractivity contribution in [2.75, 3.05) is 10.6 Å². The van der Waals surface area contributed by atoms with Crippen molar-refractivity contribution >= 4 is 35.2 Å². The Labute approximate surface area is 219 Å². The molecule has 0 aliphatic heterocycles. The number of anilines is 2. The lowest BCUT2D eigenvalue weighted by Crippen LogP contribution is -2.35. The molecule has 0 radical (unpaired) electrons. The first-order chi connectivity index (χ1) is 18.5. The first kappa shape index (κ1) is 26.9. The first-order valence-electron chi connectivity index (χ1n) is 11.3. The molecule has 0 fully saturated rings. The predicted molar refractivity (Wildman–Crippen MR) is 131 cm³/mol. The molecule has 0 saturated carbocycles. The Morgan fingerprint density at radius 2 is 1.59 bits per heavy atom. The molecule has 39 heavy (non-hydrogen) atoms. The number of aromatic carboxylic acids is 1. The van der Waals surface area contributed by atoms with Crippen molar-refractivity contribution in [3.8, 4) is 0 Å². The Morgan fingerprint density at radius 3 is 2.23 bits per heavy atom. The lowest BCUT2D eigenvalue weighted by molar-refractivity contribution is -0.754. The van der Waals surface area contributed by atoms with E-state index in [9.17, 15) is 27.6 Å². The van der Waals surface area contributed by atoms with Crippen LogP contribution in [-0.2, 0) is 23.9 Å². The van der Waals surface area contributed by atoms with E-state index in [2.05, 4.69) is 21.2 Å². The third-order valence-corrected chi connectivity index (χ3v) is 5.26. The number of nitrogens with zero attached hydrogens (tertiary/aromatic N) is 3. The topological polar surface area (TPSA) is 140 Å². The van der Waals surface area contributed by atoms with Gasteiger partial charge in [-0.05, 0) is 46.3 Å². The molecule has 200 valence electrons. The average molecular weight is 539 g/mol. The van der Waals surface area contributed by atoms with Gasteiger partial charge < -0.3 is 25.6 Å². The molecule has 0 saturated heterocycles. The Kier molecular flexibility index (Phi) is 7.89. The number of aromatic nitrogens is 2. The molecule has 3 N–H and O–H groups in total. The summed E-state index contributed by atoms with van der Waals surface area (Å²) in [4.78, 5) is 35.7.